The van der Waals surface area contributed by atoms with Crippen LogP contribution in [0.5, 0.6) is 0 Å². The normalized spacial score (nSPS) is 46.4. The van der Waals surface area contributed by atoms with Crippen molar-refractivity contribution < 1.29 is 14.6 Å². The van der Waals surface area contributed by atoms with Gasteiger partial charge < -0.3 is 9.84 Å². The van der Waals surface area contributed by atoms with Gasteiger partial charge in [-0.1, -0.05) is 44.9 Å². The molecule has 3 aliphatic rings. The van der Waals surface area contributed by atoms with Crippen LogP contribution in [0.1, 0.15) is 66.2 Å². The number of ether oxygens (including phenoxy) is 1. The summed E-state index contributed by atoms with van der Waals surface area (Å²) in [5.41, 5.74) is 1.43. The molecule has 1 N–H and O–H groups in total. The number of aliphatic hydroxyl groups is 1. The van der Waals surface area contributed by atoms with E-state index >= 15 is 0 Å². The highest BCUT2D eigenvalue weighted by atomic mass is 16.5. The van der Waals surface area contributed by atoms with Gasteiger partial charge in [0.05, 0.1) is 12.7 Å². The van der Waals surface area contributed by atoms with Crippen molar-refractivity contribution in [3.8, 4) is 0 Å². The summed E-state index contributed by atoms with van der Waals surface area (Å²) >= 11 is 0. The van der Waals surface area contributed by atoms with Gasteiger partial charge in [0.2, 0.25) is 0 Å². The number of carbonyl (C=O) groups is 1. The number of hydrogen-bond acceptors (Lipinski definition) is 3. The second kappa shape index (κ2) is 6.26. The van der Waals surface area contributed by atoms with Gasteiger partial charge in [0.1, 0.15) is 0 Å². The highest BCUT2D eigenvalue weighted by molar-refractivity contribution is 5.65. The number of aliphatic hydroxyl groups excluding tert-OH is 1. The summed E-state index contributed by atoms with van der Waals surface area (Å²) in [5, 5.41) is 11.1. The van der Waals surface area contributed by atoms with E-state index in [1.807, 2.05) is 6.08 Å². The molecule has 3 aliphatic carbocycles. The molecule has 0 heterocycles. The number of allylic oxidation sites excluding steroid dienone is 2. The molecule has 0 spiro atoms. The summed E-state index contributed by atoms with van der Waals surface area (Å²) < 4.78 is 5.46. The quantitative estimate of drug-likeness (QED) is 0.597. The van der Waals surface area contributed by atoms with Crippen molar-refractivity contribution in [1.29, 1.82) is 0 Å². The van der Waals surface area contributed by atoms with Crippen LogP contribution in [-0.2, 0) is 9.53 Å². The summed E-state index contributed by atoms with van der Waals surface area (Å²) in [5.74, 6) is 0.526. The van der Waals surface area contributed by atoms with E-state index in [9.17, 15) is 9.90 Å². The SMILES string of the molecule is C=C[C@]1(C)C=C2CC[C@H]3[C@](C)(COC(C)=O)CCC[C@]3(C)[C@H]2[C@H](O)C1. The van der Waals surface area contributed by atoms with Crippen molar-refractivity contribution >= 4 is 5.97 Å². The Kier molecular flexibility index (Phi) is 4.68. The molecule has 0 aromatic carbocycles. The molecule has 6 atom stereocenters. The van der Waals surface area contributed by atoms with E-state index in [1.165, 1.54) is 12.5 Å². The summed E-state index contributed by atoms with van der Waals surface area (Å²) in [6.07, 6.45) is 10.4. The molecule has 25 heavy (non-hydrogen) atoms. The van der Waals surface area contributed by atoms with Gasteiger partial charge in [-0.25, -0.2) is 0 Å². The van der Waals surface area contributed by atoms with Crippen LogP contribution in [0.3, 0.4) is 0 Å². The van der Waals surface area contributed by atoms with Crippen LogP contribution in [0.2, 0.25) is 0 Å². The first-order chi connectivity index (χ1) is 11.6. The molecular weight excluding hydrogens is 312 g/mol. The monoisotopic (exact) mass is 346 g/mol. The molecule has 0 aromatic heterocycles. The summed E-state index contributed by atoms with van der Waals surface area (Å²) in [6.45, 7) is 12.8. The minimum Gasteiger partial charge on any atom is -0.465 e. The van der Waals surface area contributed by atoms with Gasteiger partial charge in [0, 0.05) is 23.7 Å². The molecule has 0 aromatic rings. The van der Waals surface area contributed by atoms with Crippen LogP contribution in [0, 0.1) is 28.1 Å². The Morgan fingerprint density at radius 2 is 2.12 bits per heavy atom. The number of carbonyl (C=O) groups excluding carboxylic acids is 1. The summed E-state index contributed by atoms with van der Waals surface area (Å²) in [6, 6.07) is 0. The van der Waals surface area contributed by atoms with Gasteiger partial charge in [-0.05, 0) is 43.4 Å². The molecule has 0 aliphatic heterocycles. The number of hydrogen-bond donors (Lipinski definition) is 1. The van der Waals surface area contributed by atoms with E-state index in [2.05, 4.69) is 33.4 Å². The average molecular weight is 347 g/mol. The first-order valence-corrected chi connectivity index (χ1v) is 9.80. The second-order valence-corrected chi connectivity index (χ2v) is 9.56. The molecule has 2 saturated carbocycles. The van der Waals surface area contributed by atoms with Crippen LogP contribution in [0.15, 0.2) is 24.3 Å². The van der Waals surface area contributed by atoms with E-state index in [0.29, 0.717) is 12.5 Å². The van der Waals surface area contributed by atoms with E-state index < -0.39 is 0 Å². The highest BCUT2D eigenvalue weighted by Crippen LogP contribution is 2.63. The maximum atomic E-state index is 11.4. The molecule has 3 heteroatoms. The van der Waals surface area contributed by atoms with Gasteiger partial charge in [-0.2, -0.15) is 0 Å². The van der Waals surface area contributed by atoms with Crippen molar-refractivity contribution in [2.24, 2.45) is 28.1 Å². The molecule has 0 radical (unpaired) electrons. The first-order valence-electron chi connectivity index (χ1n) is 9.80. The van der Waals surface area contributed by atoms with E-state index in [0.717, 1.165) is 38.5 Å². The molecule has 140 valence electrons. The fraction of sp³-hybridized carbons (Fsp3) is 0.773. The molecular formula is C22H34O3. The third-order valence-corrected chi connectivity index (χ3v) is 7.55. The van der Waals surface area contributed by atoms with E-state index in [4.69, 9.17) is 4.74 Å². The Morgan fingerprint density at radius 3 is 2.76 bits per heavy atom. The zero-order chi connectivity index (χ0) is 18.5. The van der Waals surface area contributed by atoms with Crippen molar-refractivity contribution in [2.45, 2.75) is 72.3 Å². The zero-order valence-electron chi connectivity index (χ0n) is 16.3. The molecule has 2 fully saturated rings. The van der Waals surface area contributed by atoms with Crippen molar-refractivity contribution in [2.75, 3.05) is 6.61 Å². The lowest BCUT2D eigenvalue weighted by atomic mass is 9.45. The topological polar surface area (TPSA) is 46.5 Å². The highest BCUT2D eigenvalue weighted by Gasteiger charge is 2.58. The van der Waals surface area contributed by atoms with Gasteiger partial charge in [0.15, 0.2) is 0 Å². The maximum Gasteiger partial charge on any atom is 0.302 e. The number of fused-ring (bicyclic) bond motifs is 3. The zero-order valence-corrected chi connectivity index (χ0v) is 16.3. The number of rotatable bonds is 3. The van der Waals surface area contributed by atoms with Crippen LogP contribution >= 0.6 is 0 Å². The Balaban J connectivity index is 1.94. The second-order valence-electron chi connectivity index (χ2n) is 9.56. The Hall–Kier alpha value is -1.09. The lowest BCUT2D eigenvalue weighted by Crippen LogP contribution is -2.56. The molecule has 3 rings (SSSR count). The maximum absolute atomic E-state index is 11.4. The lowest BCUT2D eigenvalue weighted by molar-refractivity contribution is -0.156. The van der Waals surface area contributed by atoms with Gasteiger partial charge in [0.25, 0.3) is 0 Å². The minimum absolute atomic E-state index is 0.0170. The van der Waals surface area contributed by atoms with Crippen LogP contribution in [0.4, 0.5) is 0 Å². The standard InChI is InChI=1S/C22H34O3/c1-6-20(3)12-16-8-9-18-21(4,14-25-15(2)23)10-7-11-22(18,5)19(16)17(24)13-20/h6,12,17-19,24H,1,7-11,13-14H2,2-5H3/t17-,18+,19-,20-,21+,22+/m1/s1. The molecule has 0 saturated heterocycles. The van der Waals surface area contributed by atoms with Gasteiger partial charge >= 0.3 is 5.97 Å². The van der Waals surface area contributed by atoms with Crippen molar-refractivity contribution in [3.63, 3.8) is 0 Å². The third kappa shape index (κ3) is 3.09. The summed E-state index contributed by atoms with van der Waals surface area (Å²) in [4.78, 5) is 11.4. The molecule has 3 nitrogen and oxygen atoms in total. The molecule has 0 bridgehead atoms. The average Bonchev–Trinajstić information content (AvgIpc) is 2.52. The summed E-state index contributed by atoms with van der Waals surface area (Å²) in [7, 11) is 0. The minimum atomic E-state index is -0.313. The largest absolute Gasteiger partial charge is 0.465 e. The first kappa shape index (κ1) is 18.7. The number of esters is 1. The van der Waals surface area contributed by atoms with Crippen LogP contribution in [-0.4, -0.2) is 23.8 Å². The Labute approximate surface area is 152 Å². The fourth-order valence-electron chi connectivity index (χ4n) is 6.44. The predicted molar refractivity (Wildman–Crippen MR) is 99.9 cm³/mol. The smallest absolute Gasteiger partial charge is 0.302 e. The Bertz CT molecular complexity index is 594. The third-order valence-electron chi connectivity index (χ3n) is 7.55. The van der Waals surface area contributed by atoms with Crippen LogP contribution < -0.4 is 0 Å². The molecule has 0 unspecified atom stereocenters. The van der Waals surface area contributed by atoms with Crippen LogP contribution in [0.25, 0.3) is 0 Å². The van der Waals surface area contributed by atoms with E-state index in [1.54, 1.807) is 0 Å². The fourth-order valence-corrected chi connectivity index (χ4v) is 6.44. The lowest BCUT2D eigenvalue weighted by Gasteiger charge is -2.61. The van der Waals surface area contributed by atoms with Gasteiger partial charge in [-0.15, -0.1) is 6.58 Å². The van der Waals surface area contributed by atoms with Crippen molar-refractivity contribution in [1.82, 2.24) is 0 Å². The van der Waals surface area contributed by atoms with E-state index in [-0.39, 0.29) is 34.2 Å². The molecule has 0 amide bonds. The predicted octanol–water partition coefficient (Wildman–Crippen LogP) is 4.66. The van der Waals surface area contributed by atoms with Gasteiger partial charge in [-0.3, -0.25) is 4.79 Å². The Morgan fingerprint density at radius 1 is 1.40 bits per heavy atom. The van der Waals surface area contributed by atoms with Crippen molar-refractivity contribution in [3.05, 3.63) is 24.3 Å².